The summed E-state index contributed by atoms with van der Waals surface area (Å²) in [5, 5.41) is 11.7. The molecule has 1 atom stereocenters. The van der Waals surface area contributed by atoms with Gasteiger partial charge in [0.25, 0.3) is 0 Å². The zero-order valence-electron chi connectivity index (χ0n) is 20.8. The Labute approximate surface area is 216 Å². The molecule has 9 heteroatoms. The Balaban J connectivity index is 1.07. The van der Waals surface area contributed by atoms with Gasteiger partial charge in [-0.05, 0) is 63.1 Å². The van der Waals surface area contributed by atoms with Crippen LogP contribution in [-0.4, -0.2) is 52.7 Å². The molecule has 3 aromatic rings. The molecule has 1 aliphatic carbocycles. The van der Waals surface area contributed by atoms with Crippen molar-refractivity contribution in [2.75, 3.05) is 30.4 Å². The maximum atomic E-state index is 12.3. The van der Waals surface area contributed by atoms with Gasteiger partial charge in [0.2, 0.25) is 11.9 Å². The first kappa shape index (κ1) is 24.7. The number of carbonyl (C=O) groups excluding carboxylic acids is 1. The Kier molecular flexibility index (Phi) is 7.53. The number of aromatic nitrogens is 3. The first-order valence-corrected chi connectivity index (χ1v) is 13.1. The van der Waals surface area contributed by atoms with Crippen LogP contribution in [0.2, 0.25) is 5.02 Å². The van der Waals surface area contributed by atoms with Crippen LogP contribution in [0.3, 0.4) is 0 Å². The summed E-state index contributed by atoms with van der Waals surface area (Å²) in [6, 6.07) is 8.73. The van der Waals surface area contributed by atoms with Crippen molar-refractivity contribution in [2.24, 2.45) is 5.92 Å². The number of aryl methyl sites for hydroxylation is 1. The number of nitrogens with zero attached hydrogens (tertiary/aromatic N) is 3. The van der Waals surface area contributed by atoms with Gasteiger partial charge in [-0.25, -0.2) is 15.0 Å². The molecule has 0 radical (unpaired) electrons. The largest absolute Gasteiger partial charge is 0.377 e. The van der Waals surface area contributed by atoms with Gasteiger partial charge in [-0.15, -0.1) is 0 Å². The number of benzene rings is 1. The number of halogens is 1. The number of fused-ring (bicyclic) bond motifs is 1. The third-order valence-electron chi connectivity index (χ3n) is 7.29. The molecule has 1 saturated carbocycles. The van der Waals surface area contributed by atoms with Gasteiger partial charge >= 0.3 is 0 Å². The summed E-state index contributed by atoms with van der Waals surface area (Å²) < 4.78 is 5.11. The molecule has 3 heterocycles. The normalized spacial score (nSPS) is 21.0. The van der Waals surface area contributed by atoms with E-state index in [1.165, 1.54) is 0 Å². The lowest BCUT2D eigenvalue weighted by Crippen LogP contribution is -2.49. The highest BCUT2D eigenvalue weighted by Gasteiger charge is 2.25. The van der Waals surface area contributed by atoms with Crippen LogP contribution in [0.25, 0.3) is 10.9 Å². The van der Waals surface area contributed by atoms with E-state index >= 15 is 0 Å². The van der Waals surface area contributed by atoms with Crippen LogP contribution < -0.4 is 16.0 Å². The Morgan fingerprint density at radius 1 is 1.08 bits per heavy atom. The van der Waals surface area contributed by atoms with Gasteiger partial charge in [0.1, 0.15) is 5.82 Å². The first-order valence-electron chi connectivity index (χ1n) is 12.7. The van der Waals surface area contributed by atoms with E-state index in [0.29, 0.717) is 31.1 Å². The molecule has 1 saturated heterocycles. The lowest BCUT2D eigenvalue weighted by molar-refractivity contribution is -0.126. The Morgan fingerprint density at radius 3 is 2.50 bits per heavy atom. The molecule has 2 aromatic heterocycles. The molecule has 0 spiro atoms. The third kappa shape index (κ3) is 5.71. The van der Waals surface area contributed by atoms with E-state index < -0.39 is 0 Å². The fraction of sp³-hybridized carbons (Fsp3) is 0.481. The fourth-order valence-corrected chi connectivity index (χ4v) is 4.95. The number of nitrogens with one attached hydrogen (secondary N) is 3. The second kappa shape index (κ2) is 11.0. The van der Waals surface area contributed by atoms with Crippen LogP contribution >= 0.6 is 11.6 Å². The molecule has 3 N–H and O–H groups in total. The van der Waals surface area contributed by atoms with E-state index in [1.54, 1.807) is 12.4 Å². The lowest BCUT2D eigenvalue weighted by Gasteiger charge is -2.29. The second-order valence-electron chi connectivity index (χ2n) is 10.0. The first-order chi connectivity index (χ1) is 17.5. The summed E-state index contributed by atoms with van der Waals surface area (Å²) in [6.45, 7) is 5.89. The molecule has 8 nitrogen and oxygen atoms in total. The molecule has 2 aliphatic rings. The summed E-state index contributed by atoms with van der Waals surface area (Å²) in [7, 11) is 0. The van der Waals surface area contributed by atoms with E-state index in [2.05, 4.69) is 38.1 Å². The maximum absolute atomic E-state index is 12.3. The number of carbonyl (C=O) groups is 1. The standard InChI is InChI=1S/C27H33ClN6O2/c1-16-3-6-19-7-10-23(34-25(19)24(16)28)32-21-8-4-18(5-9-21)11-29-27-30-12-20(13-31-27)17(2)26(35)33-22-14-36-15-22/h3,6-7,10,12-13,17-18,21-22H,4-5,8-9,11,14-15H2,1-2H3,(H,32,34)(H,33,35)(H,29,30,31)/t17-,18-,21-/m0/s1. The van der Waals surface area contributed by atoms with Gasteiger partial charge in [0.15, 0.2) is 0 Å². The molecule has 1 amide bonds. The van der Waals surface area contributed by atoms with Gasteiger partial charge in [-0.2, -0.15) is 0 Å². The number of amides is 1. The predicted octanol–water partition coefficient (Wildman–Crippen LogP) is 4.69. The van der Waals surface area contributed by atoms with Crippen molar-refractivity contribution < 1.29 is 9.53 Å². The SMILES string of the molecule is Cc1ccc2ccc(N[C@H]3CC[C@H](CNc4ncc([C@H](C)C(=O)NC5COC5)cn4)CC3)nc2c1Cl. The number of anilines is 2. The molecule has 0 bridgehead atoms. The van der Waals surface area contributed by atoms with Gasteiger partial charge in [0.05, 0.1) is 35.7 Å². The molecule has 190 valence electrons. The maximum Gasteiger partial charge on any atom is 0.227 e. The van der Waals surface area contributed by atoms with Crippen molar-refractivity contribution in [1.29, 1.82) is 0 Å². The fourth-order valence-electron chi connectivity index (χ4n) is 4.74. The topological polar surface area (TPSA) is 101 Å². The Bertz CT molecular complexity index is 1210. The van der Waals surface area contributed by atoms with Gasteiger partial charge in [-0.1, -0.05) is 23.7 Å². The molecule has 1 aliphatic heterocycles. The van der Waals surface area contributed by atoms with Crippen molar-refractivity contribution in [3.63, 3.8) is 0 Å². The zero-order chi connectivity index (χ0) is 25.1. The van der Waals surface area contributed by atoms with Gasteiger partial charge in [0, 0.05) is 35.9 Å². The predicted molar refractivity (Wildman–Crippen MR) is 143 cm³/mol. The van der Waals surface area contributed by atoms with Crippen LogP contribution in [0.5, 0.6) is 0 Å². The minimum Gasteiger partial charge on any atom is -0.377 e. The lowest BCUT2D eigenvalue weighted by atomic mass is 9.86. The van der Waals surface area contributed by atoms with Gasteiger partial charge < -0.3 is 20.7 Å². The molecular weight excluding hydrogens is 476 g/mol. The summed E-state index contributed by atoms with van der Waals surface area (Å²) in [5.74, 6) is 1.75. The number of hydrogen-bond donors (Lipinski definition) is 3. The molecule has 36 heavy (non-hydrogen) atoms. The average Bonchev–Trinajstić information content (AvgIpc) is 2.88. The molecule has 1 aromatic carbocycles. The van der Waals surface area contributed by atoms with Crippen molar-refractivity contribution in [1.82, 2.24) is 20.3 Å². The van der Waals surface area contributed by atoms with Gasteiger partial charge in [-0.3, -0.25) is 4.79 Å². The summed E-state index contributed by atoms with van der Waals surface area (Å²) in [6.07, 6.45) is 7.90. The number of rotatable bonds is 8. The highest BCUT2D eigenvalue weighted by Crippen LogP contribution is 2.29. The summed E-state index contributed by atoms with van der Waals surface area (Å²) in [5.41, 5.74) is 2.71. The van der Waals surface area contributed by atoms with E-state index in [9.17, 15) is 4.79 Å². The number of pyridine rings is 1. The van der Waals surface area contributed by atoms with Crippen LogP contribution in [0.15, 0.2) is 36.7 Å². The molecule has 2 fully saturated rings. The summed E-state index contributed by atoms with van der Waals surface area (Å²) >= 11 is 6.48. The van der Waals surface area contributed by atoms with E-state index in [1.807, 2.05) is 26.0 Å². The highest BCUT2D eigenvalue weighted by molar-refractivity contribution is 6.35. The van der Waals surface area contributed by atoms with Crippen molar-refractivity contribution in [2.45, 2.75) is 57.5 Å². The highest BCUT2D eigenvalue weighted by atomic mass is 35.5. The van der Waals surface area contributed by atoms with Crippen molar-refractivity contribution in [3.8, 4) is 0 Å². The summed E-state index contributed by atoms with van der Waals surface area (Å²) in [4.78, 5) is 26.0. The Morgan fingerprint density at radius 2 is 1.81 bits per heavy atom. The number of ether oxygens (including phenoxy) is 1. The van der Waals surface area contributed by atoms with Crippen LogP contribution in [0.4, 0.5) is 11.8 Å². The third-order valence-corrected chi connectivity index (χ3v) is 7.77. The average molecular weight is 509 g/mol. The van der Waals surface area contributed by atoms with Crippen molar-refractivity contribution in [3.05, 3.63) is 52.8 Å². The Hall–Kier alpha value is -2.97. The second-order valence-corrected chi connectivity index (χ2v) is 10.4. The monoisotopic (exact) mass is 508 g/mol. The minimum atomic E-state index is -0.292. The smallest absolute Gasteiger partial charge is 0.227 e. The van der Waals surface area contributed by atoms with Crippen LogP contribution in [0.1, 0.15) is 49.7 Å². The minimum absolute atomic E-state index is 0.0184. The molecule has 0 unspecified atom stereocenters. The van der Waals surface area contributed by atoms with E-state index in [-0.39, 0.29) is 17.9 Å². The zero-order valence-corrected chi connectivity index (χ0v) is 21.5. The van der Waals surface area contributed by atoms with Crippen molar-refractivity contribution >= 4 is 40.2 Å². The van der Waals surface area contributed by atoms with Crippen LogP contribution in [0, 0.1) is 12.8 Å². The van der Waals surface area contributed by atoms with E-state index in [0.717, 1.165) is 65.1 Å². The van der Waals surface area contributed by atoms with E-state index in [4.69, 9.17) is 21.3 Å². The molecular formula is C27H33ClN6O2. The molecule has 5 rings (SSSR count). The quantitative estimate of drug-likeness (QED) is 0.406. The number of hydrogen-bond acceptors (Lipinski definition) is 7. The van der Waals surface area contributed by atoms with Crippen LogP contribution in [-0.2, 0) is 9.53 Å².